The van der Waals surface area contributed by atoms with Crippen LogP contribution in [0.15, 0.2) is 24.3 Å². The average Bonchev–Trinajstić information content (AvgIpc) is 3.33. The van der Waals surface area contributed by atoms with Crippen LogP contribution in [0.25, 0.3) is 0 Å². The SMILES string of the molecule is CCCC/C=C\CCCCCCCC(=O)OC[C@H](COC(=O)CCCCCCCCC/C=C\CCCCCCCCCC)OC(=O)CCCCCCCCCCCCCCCCCCCCC. The summed E-state index contributed by atoms with van der Waals surface area (Å²) in [6.45, 7) is 6.64. The smallest absolute Gasteiger partial charge is 0.306 e. The molecule has 0 heterocycles. The fraction of sp³-hybridized carbons (Fsp3) is 0.885. The van der Waals surface area contributed by atoms with Gasteiger partial charge >= 0.3 is 17.9 Å². The highest BCUT2D eigenvalue weighted by Crippen LogP contribution is 2.17. The summed E-state index contributed by atoms with van der Waals surface area (Å²) >= 11 is 0. The highest BCUT2D eigenvalue weighted by Gasteiger charge is 2.19. The number of rotatable bonds is 55. The molecule has 0 aromatic heterocycles. The van der Waals surface area contributed by atoms with E-state index in [4.69, 9.17) is 14.2 Å². The van der Waals surface area contributed by atoms with Crippen LogP contribution in [0, 0.1) is 0 Å². The molecule has 0 saturated heterocycles. The van der Waals surface area contributed by atoms with Crippen molar-refractivity contribution in [2.45, 2.75) is 335 Å². The molecule has 0 rings (SSSR count). The Morgan fingerprint density at radius 2 is 0.507 bits per heavy atom. The van der Waals surface area contributed by atoms with Crippen LogP contribution in [0.5, 0.6) is 0 Å². The topological polar surface area (TPSA) is 78.9 Å². The number of carbonyl (C=O) groups excluding carboxylic acids is 3. The Balaban J connectivity index is 4.27. The number of hydrogen-bond donors (Lipinski definition) is 0. The molecule has 0 fully saturated rings. The fourth-order valence-corrected chi connectivity index (χ4v) is 8.89. The molecule has 0 saturated carbocycles. The van der Waals surface area contributed by atoms with Gasteiger partial charge < -0.3 is 14.2 Å². The molecule has 67 heavy (non-hydrogen) atoms. The van der Waals surface area contributed by atoms with Crippen LogP contribution in [-0.2, 0) is 28.6 Å². The molecule has 6 nitrogen and oxygen atoms in total. The summed E-state index contributed by atoms with van der Waals surface area (Å²) < 4.78 is 16.9. The molecule has 0 aromatic carbocycles. The van der Waals surface area contributed by atoms with E-state index < -0.39 is 6.10 Å². The number of unbranched alkanes of at least 4 members (excludes halogenated alkanes) is 40. The van der Waals surface area contributed by atoms with E-state index in [0.29, 0.717) is 19.3 Å². The van der Waals surface area contributed by atoms with E-state index in [1.165, 1.54) is 225 Å². The third kappa shape index (κ3) is 54.7. The number of allylic oxidation sites excluding steroid dienone is 4. The summed E-state index contributed by atoms with van der Waals surface area (Å²) in [6.07, 6.45) is 66.1. The second-order valence-corrected chi connectivity index (χ2v) is 20.3. The molecular formula is C61H114O6. The van der Waals surface area contributed by atoms with Gasteiger partial charge in [-0.1, -0.05) is 270 Å². The number of ether oxygens (including phenoxy) is 3. The Hall–Kier alpha value is -2.11. The van der Waals surface area contributed by atoms with Gasteiger partial charge in [-0.3, -0.25) is 14.4 Å². The summed E-state index contributed by atoms with van der Waals surface area (Å²) in [5.41, 5.74) is 0. The predicted octanol–water partition coefficient (Wildman–Crippen LogP) is 19.9. The molecular weight excluding hydrogens is 829 g/mol. The molecule has 0 unspecified atom stereocenters. The summed E-state index contributed by atoms with van der Waals surface area (Å²) in [7, 11) is 0. The molecule has 394 valence electrons. The molecule has 0 aliphatic heterocycles. The van der Waals surface area contributed by atoms with Gasteiger partial charge in [0.15, 0.2) is 6.10 Å². The second kappa shape index (κ2) is 56.5. The molecule has 0 amide bonds. The van der Waals surface area contributed by atoms with Gasteiger partial charge in [-0.15, -0.1) is 0 Å². The van der Waals surface area contributed by atoms with E-state index in [2.05, 4.69) is 45.1 Å². The lowest BCUT2D eigenvalue weighted by Gasteiger charge is -2.18. The quantitative estimate of drug-likeness (QED) is 0.0262. The Bertz CT molecular complexity index is 1080. The first-order chi connectivity index (χ1) is 33.0. The summed E-state index contributed by atoms with van der Waals surface area (Å²) in [5, 5.41) is 0. The first-order valence-electron chi connectivity index (χ1n) is 29.8. The van der Waals surface area contributed by atoms with E-state index in [1.807, 2.05) is 0 Å². The maximum Gasteiger partial charge on any atom is 0.306 e. The maximum absolute atomic E-state index is 12.9. The van der Waals surface area contributed by atoms with Gasteiger partial charge in [0.1, 0.15) is 13.2 Å². The zero-order valence-electron chi connectivity index (χ0n) is 45.2. The van der Waals surface area contributed by atoms with Crippen molar-refractivity contribution < 1.29 is 28.6 Å². The lowest BCUT2D eigenvalue weighted by molar-refractivity contribution is -0.167. The van der Waals surface area contributed by atoms with Crippen LogP contribution in [0.3, 0.4) is 0 Å². The number of hydrogen-bond acceptors (Lipinski definition) is 6. The van der Waals surface area contributed by atoms with Crippen molar-refractivity contribution in [1.29, 1.82) is 0 Å². The first kappa shape index (κ1) is 64.9. The van der Waals surface area contributed by atoms with Crippen molar-refractivity contribution in [2.75, 3.05) is 13.2 Å². The van der Waals surface area contributed by atoms with Gasteiger partial charge in [-0.05, 0) is 64.2 Å². The van der Waals surface area contributed by atoms with Gasteiger partial charge in [0.25, 0.3) is 0 Å². The van der Waals surface area contributed by atoms with Gasteiger partial charge in [0, 0.05) is 19.3 Å². The predicted molar refractivity (Wildman–Crippen MR) is 289 cm³/mol. The normalized spacial score (nSPS) is 12.1. The van der Waals surface area contributed by atoms with Crippen molar-refractivity contribution in [3.8, 4) is 0 Å². The van der Waals surface area contributed by atoms with Crippen molar-refractivity contribution in [3.63, 3.8) is 0 Å². The van der Waals surface area contributed by atoms with E-state index in [1.54, 1.807) is 0 Å². The van der Waals surface area contributed by atoms with Crippen molar-refractivity contribution >= 4 is 17.9 Å². The third-order valence-electron chi connectivity index (χ3n) is 13.4. The van der Waals surface area contributed by atoms with Crippen LogP contribution in [0.1, 0.15) is 329 Å². The van der Waals surface area contributed by atoms with Gasteiger partial charge in [0.05, 0.1) is 0 Å². The minimum Gasteiger partial charge on any atom is -0.462 e. The number of carbonyl (C=O) groups is 3. The molecule has 0 N–H and O–H groups in total. The average molecular weight is 944 g/mol. The van der Waals surface area contributed by atoms with Gasteiger partial charge in [-0.2, -0.15) is 0 Å². The van der Waals surface area contributed by atoms with Crippen LogP contribution >= 0.6 is 0 Å². The van der Waals surface area contributed by atoms with Crippen molar-refractivity contribution in [2.24, 2.45) is 0 Å². The largest absolute Gasteiger partial charge is 0.462 e. The molecule has 1 atom stereocenters. The monoisotopic (exact) mass is 943 g/mol. The minimum atomic E-state index is -0.772. The van der Waals surface area contributed by atoms with Crippen LogP contribution in [-0.4, -0.2) is 37.2 Å². The summed E-state index contributed by atoms with van der Waals surface area (Å²) in [4.78, 5) is 38.1. The summed E-state index contributed by atoms with van der Waals surface area (Å²) in [5.74, 6) is -0.865. The molecule has 0 aliphatic carbocycles. The Labute approximate surface area is 417 Å². The lowest BCUT2D eigenvalue weighted by Crippen LogP contribution is -2.30. The zero-order valence-corrected chi connectivity index (χ0v) is 45.2. The molecule has 0 radical (unpaired) electrons. The second-order valence-electron chi connectivity index (χ2n) is 20.3. The van der Waals surface area contributed by atoms with Gasteiger partial charge in [-0.25, -0.2) is 0 Å². The third-order valence-corrected chi connectivity index (χ3v) is 13.4. The molecule has 0 spiro atoms. The highest BCUT2D eigenvalue weighted by atomic mass is 16.6. The maximum atomic E-state index is 12.9. The Kier molecular flexibility index (Phi) is 54.7. The van der Waals surface area contributed by atoms with Crippen molar-refractivity contribution in [3.05, 3.63) is 24.3 Å². The standard InChI is InChI=1S/C61H114O6/c1-4-7-10-13-16-19-22-24-26-28-30-32-34-36-39-42-45-48-51-54-60(63)66-57-58(56-65-59(62)53-50-47-44-41-38-21-18-15-12-9-6-3)67-61(64)55-52-49-46-43-40-37-35-33-31-29-27-25-23-20-17-14-11-8-5-2/h15,18,28,30,58H,4-14,16-17,19-27,29,31-57H2,1-3H3/b18-15-,30-28-/t58-/m1/s1. The molecule has 0 bridgehead atoms. The van der Waals surface area contributed by atoms with Gasteiger partial charge in [0.2, 0.25) is 0 Å². The fourth-order valence-electron chi connectivity index (χ4n) is 8.89. The molecule has 6 heteroatoms. The number of esters is 3. The Morgan fingerprint density at radius 1 is 0.284 bits per heavy atom. The highest BCUT2D eigenvalue weighted by molar-refractivity contribution is 5.71. The van der Waals surface area contributed by atoms with Crippen molar-refractivity contribution in [1.82, 2.24) is 0 Å². The minimum absolute atomic E-state index is 0.0719. The lowest BCUT2D eigenvalue weighted by atomic mass is 10.0. The molecule has 0 aromatic rings. The van der Waals surface area contributed by atoms with E-state index >= 15 is 0 Å². The van der Waals surface area contributed by atoms with Crippen LogP contribution in [0.4, 0.5) is 0 Å². The van der Waals surface area contributed by atoms with E-state index in [-0.39, 0.29) is 31.1 Å². The van der Waals surface area contributed by atoms with E-state index in [9.17, 15) is 14.4 Å². The Morgan fingerprint density at radius 3 is 0.791 bits per heavy atom. The molecule has 0 aliphatic rings. The first-order valence-corrected chi connectivity index (χ1v) is 29.8. The van der Waals surface area contributed by atoms with Crippen LogP contribution < -0.4 is 0 Å². The zero-order chi connectivity index (χ0) is 48.6. The van der Waals surface area contributed by atoms with Crippen LogP contribution in [0.2, 0.25) is 0 Å². The summed E-state index contributed by atoms with van der Waals surface area (Å²) in [6, 6.07) is 0. The van der Waals surface area contributed by atoms with E-state index in [0.717, 1.165) is 64.2 Å².